The van der Waals surface area contributed by atoms with Crippen molar-refractivity contribution in [3.05, 3.63) is 28.5 Å². The van der Waals surface area contributed by atoms with Gasteiger partial charge in [-0.1, -0.05) is 11.6 Å². The third-order valence-corrected chi connectivity index (χ3v) is 2.53. The monoisotopic (exact) mass is 295 g/mol. The van der Waals surface area contributed by atoms with Crippen molar-refractivity contribution in [1.29, 1.82) is 0 Å². The molecule has 1 rings (SSSR count). The van der Waals surface area contributed by atoms with Gasteiger partial charge in [0.05, 0.1) is 5.56 Å². The lowest BCUT2D eigenvalue weighted by atomic mass is 10.0. The number of hydrogen-bond acceptors (Lipinski definition) is 3. The predicted octanol–water partition coefficient (Wildman–Crippen LogP) is 3.64. The molecule has 1 heterocycles. The fourth-order valence-corrected chi connectivity index (χ4v) is 1.92. The van der Waals surface area contributed by atoms with Crippen LogP contribution in [-0.2, 0) is 22.1 Å². The highest BCUT2D eigenvalue weighted by Crippen LogP contribution is 2.34. The molecule has 19 heavy (non-hydrogen) atoms. The molecular formula is C12H13ClF3NO2. The van der Waals surface area contributed by atoms with E-state index in [4.69, 9.17) is 16.3 Å². The minimum Gasteiger partial charge on any atom is -0.459 e. The molecule has 106 valence electrons. The highest BCUT2D eigenvalue weighted by Gasteiger charge is 2.34. The minimum absolute atomic E-state index is 0.171. The molecule has 7 heteroatoms. The summed E-state index contributed by atoms with van der Waals surface area (Å²) in [6.45, 7) is 4.54. The molecule has 0 amide bonds. The topological polar surface area (TPSA) is 39.2 Å². The number of esters is 1. The van der Waals surface area contributed by atoms with E-state index in [9.17, 15) is 18.0 Å². The van der Waals surface area contributed by atoms with Gasteiger partial charge in [0.1, 0.15) is 10.8 Å². The molecule has 0 radical (unpaired) electrons. The van der Waals surface area contributed by atoms with E-state index in [1.54, 1.807) is 13.8 Å². The van der Waals surface area contributed by atoms with Gasteiger partial charge in [0.25, 0.3) is 0 Å². The van der Waals surface area contributed by atoms with Gasteiger partial charge in [-0.05, 0) is 26.0 Å². The van der Waals surface area contributed by atoms with Crippen molar-refractivity contribution < 1.29 is 22.7 Å². The zero-order valence-corrected chi connectivity index (χ0v) is 11.4. The van der Waals surface area contributed by atoms with Crippen molar-refractivity contribution in [1.82, 2.24) is 4.98 Å². The Labute approximate surface area is 113 Å². The summed E-state index contributed by atoms with van der Waals surface area (Å²) in [6, 6.07) is 2.09. The molecule has 0 saturated carbocycles. The number of halogens is 4. The number of rotatable bonds is 3. The average Bonchev–Trinajstić information content (AvgIpc) is 2.11. The molecule has 0 bridgehead atoms. The van der Waals surface area contributed by atoms with Crippen molar-refractivity contribution in [3.63, 3.8) is 0 Å². The summed E-state index contributed by atoms with van der Waals surface area (Å²) >= 11 is 5.51. The second-order valence-electron chi connectivity index (χ2n) is 4.67. The van der Waals surface area contributed by atoms with Crippen LogP contribution in [0.4, 0.5) is 13.2 Å². The SMILES string of the molecule is CC(=O)OC(C)(C)Cc1ccc(C(F)(F)F)c(Cl)n1. The van der Waals surface area contributed by atoms with Crippen LogP contribution in [0.15, 0.2) is 12.1 Å². The van der Waals surface area contributed by atoms with Crippen molar-refractivity contribution in [2.45, 2.75) is 39.0 Å². The van der Waals surface area contributed by atoms with Gasteiger partial charge in [0, 0.05) is 19.0 Å². The second-order valence-corrected chi connectivity index (χ2v) is 5.03. The van der Waals surface area contributed by atoms with Crippen molar-refractivity contribution in [2.75, 3.05) is 0 Å². The molecular weight excluding hydrogens is 283 g/mol. The van der Waals surface area contributed by atoms with E-state index in [0.29, 0.717) is 5.69 Å². The van der Waals surface area contributed by atoms with Gasteiger partial charge in [-0.15, -0.1) is 0 Å². The maximum absolute atomic E-state index is 12.5. The van der Waals surface area contributed by atoms with E-state index >= 15 is 0 Å². The number of carbonyl (C=O) groups is 1. The molecule has 0 atom stereocenters. The van der Waals surface area contributed by atoms with E-state index in [1.165, 1.54) is 13.0 Å². The number of ether oxygens (including phenoxy) is 1. The summed E-state index contributed by atoms with van der Waals surface area (Å²) in [5, 5.41) is -0.608. The maximum atomic E-state index is 12.5. The van der Waals surface area contributed by atoms with E-state index in [2.05, 4.69) is 4.98 Å². The Morgan fingerprint density at radius 3 is 2.37 bits per heavy atom. The molecule has 0 spiro atoms. The molecule has 0 fully saturated rings. The lowest BCUT2D eigenvalue weighted by molar-refractivity contribution is -0.153. The molecule has 0 aromatic carbocycles. The highest BCUT2D eigenvalue weighted by atomic mass is 35.5. The van der Waals surface area contributed by atoms with Crippen molar-refractivity contribution in [3.8, 4) is 0 Å². The first-order valence-corrected chi connectivity index (χ1v) is 5.81. The highest BCUT2D eigenvalue weighted by molar-refractivity contribution is 6.30. The Morgan fingerprint density at radius 2 is 1.95 bits per heavy atom. The van der Waals surface area contributed by atoms with E-state index in [-0.39, 0.29) is 6.42 Å². The third kappa shape index (κ3) is 4.70. The van der Waals surface area contributed by atoms with Crippen LogP contribution in [-0.4, -0.2) is 16.6 Å². The van der Waals surface area contributed by atoms with Gasteiger partial charge >= 0.3 is 12.1 Å². The van der Waals surface area contributed by atoms with E-state index in [1.807, 2.05) is 0 Å². The number of carbonyl (C=O) groups excluding carboxylic acids is 1. The maximum Gasteiger partial charge on any atom is 0.419 e. The van der Waals surface area contributed by atoms with Crippen LogP contribution in [0.2, 0.25) is 5.15 Å². The van der Waals surface area contributed by atoms with Crippen LogP contribution in [0.5, 0.6) is 0 Å². The quantitative estimate of drug-likeness (QED) is 0.631. The third-order valence-electron chi connectivity index (χ3n) is 2.24. The van der Waals surface area contributed by atoms with Crippen LogP contribution >= 0.6 is 11.6 Å². The van der Waals surface area contributed by atoms with Gasteiger partial charge in [0.15, 0.2) is 0 Å². The fourth-order valence-electron chi connectivity index (χ4n) is 1.64. The Balaban J connectivity index is 2.93. The van der Waals surface area contributed by atoms with Crippen LogP contribution < -0.4 is 0 Å². The Hall–Kier alpha value is -1.30. The molecule has 0 aliphatic heterocycles. The summed E-state index contributed by atoms with van der Waals surface area (Å²) in [4.78, 5) is 14.6. The average molecular weight is 296 g/mol. The summed E-state index contributed by atoms with van der Waals surface area (Å²) in [5.41, 5.74) is -1.52. The smallest absolute Gasteiger partial charge is 0.419 e. The van der Waals surface area contributed by atoms with Gasteiger partial charge in [-0.2, -0.15) is 13.2 Å². The summed E-state index contributed by atoms with van der Waals surface area (Å²) < 4.78 is 42.5. The fraction of sp³-hybridized carbons (Fsp3) is 0.500. The van der Waals surface area contributed by atoms with Crippen LogP contribution in [0.25, 0.3) is 0 Å². The number of pyridine rings is 1. The van der Waals surface area contributed by atoms with Gasteiger partial charge in [0.2, 0.25) is 0 Å². The predicted molar refractivity (Wildman–Crippen MR) is 63.8 cm³/mol. The van der Waals surface area contributed by atoms with Gasteiger partial charge in [-0.25, -0.2) is 4.98 Å². The lowest BCUT2D eigenvalue weighted by Gasteiger charge is -2.24. The Kier molecular flexibility index (Phi) is 4.45. The number of alkyl halides is 3. The number of aromatic nitrogens is 1. The molecule has 3 nitrogen and oxygen atoms in total. The molecule has 0 N–H and O–H groups in total. The summed E-state index contributed by atoms with van der Waals surface area (Å²) in [5.74, 6) is -0.469. The second kappa shape index (κ2) is 5.36. The van der Waals surface area contributed by atoms with Crippen LogP contribution in [0.3, 0.4) is 0 Å². The van der Waals surface area contributed by atoms with Crippen molar-refractivity contribution in [2.24, 2.45) is 0 Å². The van der Waals surface area contributed by atoms with Gasteiger partial charge in [-0.3, -0.25) is 4.79 Å². The minimum atomic E-state index is -4.53. The largest absolute Gasteiger partial charge is 0.459 e. The first-order valence-electron chi connectivity index (χ1n) is 5.43. The molecule has 0 saturated heterocycles. The lowest BCUT2D eigenvalue weighted by Crippen LogP contribution is -2.30. The summed E-state index contributed by atoms with van der Waals surface area (Å²) in [6.07, 6.45) is -4.36. The first kappa shape index (κ1) is 15.8. The standard InChI is InChI=1S/C12H13ClF3NO2/c1-7(18)19-11(2,3)6-8-4-5-9(10(13)17-8)12(14,15)16/h4-5H,6H2,1-3H3. The first-order chi connectivity index (χ1) is 8.51. The number of nitrogens with zero attached hydrogens (tertiary/aromatic N) is 1. The van der Waals surface area contributed by atoms with Crippen LogP contribution in [0, 0.1) is 0 Å². The van der Waals surface area contributed by atoms with E-state index in [0.717, 1.165) is 6.07 Å². The van der Waals surface area contributed by atoms with Gasteiger partial charge < -0.3 is 4.74 Å². The molecule has 0 aliphatic rings. The van der Waals surface area contributed by atoms with Crippen LogP contribution in [0.1, 0.15) is 32.0 Å². The molecule has 1 aromatic rings. The molecule has 1 aromatic heterocycles. The summed E-state index contributed by atoms with van der Waals surface area (Å²) in [7, 11) is 0. The molecule has 0 aliphatic carbocycles. The van der Waals surface area contributed by atoms with E-state index < -0.39 is 28.5 Å². The Morgan fingerprint density at radius 1 is 1.37 bits per heavy atom. The van der Waals surface area contributed by atoms with Crippen molar-refractivity contribution >= 4 is 17.6 Å². The Bertz CT molecular complexity index is 486. The zero-order valence-electron chi connectivity index (χ0n) is 10.6. The number of hydrogen-bond donors (Lipinski definition) is 0. The normalized spacial score (nSPS) is 12.4. The molecule has 0 unspecified atom stereocenters. The zero-order chi connectivity index (χ0) is 14.8.